The summed E-state index contributed by atoms with van der Waals surface area (Å²) in [5.74, 6) is 1.05. The van der Waals surface area contributed by atoms with E-state index in [9.17, 15) is 0 Å². The Hall–Kier alpha value is -0.0400. The number of hydrogen-bond donors (Lipinski definition) is 0. The maximum Gasteiger partial charge on any atom is 0.0165 e. The van der Waals surface area contributed by atoms with Gasteiger partial charge in [-0.25, -0.2) is 0 Å². The minimum Gasteiger partial charge on any atom is -0.298 e. The minimum atomic E-state index is 0.537. The predicted molar refractivity (Wildman–Crippen MR) is 47.6 cm³/mol. The van der Waals surface area contributed by atoms with Crippen LogP contribution in [0.2, 0.25) is 0 Å². The van der Waals surface area contributed by atoms with Gasteiger partial charge in [-0.2, -0.15) is 0 Å². The molecule has 1 saturated carbocycles. The summed E-state index contributed by atoms with van der Waals surface area (Å²) in [7, 11) is 0. The van der Waals surface area contributed by atoms with Gasteiger partial charge in [-0.05, 0) is 39.0 Å². The van der Waals surface area contributed by atoms with E-state index in [4.69, 9.17) is 0 Å². The van der Waals surface area contributed by atoms with E-state index >= 15 is 0 Å². The Morgan fingerprint density at radius 3 is 2.36 bits per heavy atom. The Morgan fingerprint density at radius 1 is 1.36 bits per heavy atom. The van der Waals surface area contributed by atoms with Crippen LogP contribution < -0.4 is 0 Å². The van der Waals surface area contributed by atoms with Crippen LogP contribution >= 0.6 is 0 Å². The van der Waals surface area contributed by atoms with E-state index < -0.39 is 0 Å². The smallest absolute Gasteiger partial charge is 0.0165 e. The molecule has 1 aliphatic heterocycles. The summed E-state index contributed by atoms with van der Waals surface area (Å²) in [5, 5.41) is 0. The lowest BCUT2D eigenvalue weighted by atomic mass is 9.81. The zero-order chi connectivity index (χ0) is 7.90. The zero-order valence-corrected chi connectivity index (χ0v) is 7.77. The normalized spacial score (nSPS) is 31.1. The van der Waals surface area contributed by atoms with Crippen LogP contribution in [0.1, 0.15) is 39.5 Å². The van der Waals surface area contributed by atoms with Gasteiger partial charge in [0.2, 0.25) is 0 Å². The summed E-state index contributed by atoms with van der Waals surface area (Å²) in [5.41, 5.74) is 0.537. The highest BCUT2D eigenvalue weighted by atomic mass is 15.2. The molecule has 0 unspecified atom stereocenters. The molecule has 1 nitrogen and oxygen atoms in total. The maximum absolute atomic E-state index is 2.65. The van der Waals surface area contributed by atoms with Crippen LogP contribution in [0.25, 0.3) is 0 Å². The first-order chi connectivity index (χ1) is 5.18. The molecule has 0 spiro atoms. The Balaban J connectivity index is 1.78. The first kappa shape index (κ1) is 7.60. The molecule has 11 heavy (non-hydrogen) atoms. The number of rotatable bonds is 2. The molecule has 0 aromatic carbocycles. The fraction of sp³-hybridized carbons (Fsp3) is 1.00. The second-order valence-electron chi connectivity index (χ2n) is 4.81. The maximum atomic E-state index is 2.65. The number of nitrogens with zero attached hydrogens (tertiary/aromatic N) is 1. The van der Waals surface area contributed by atoms with Crippen molar-refractivity contribution in [1.29, 1.82) is 0 Å². The lowest BCUT2D eigenvalue weighted by Crippen LogP contribution is -2.57. The third kappa shape index (κ3) is 1.31. The molecule has 0 atom stereocenters. The summed E-state index contributed by atoms with van der Waals surface area (Å²) in [6.45, 7) is 7.47. The van der Waals surface area contributed by atoms with Gasteiger partial charge in [-0.3, -0.25) is 4.90 Å². The third-order valence-electron chi connectivity index (χ3n) is 3.55. The van der Waals surface area contributed by atoms with Gasteiger partial charge in [0.25, 0.3) is 0 Å². The fourth-order valence-electron chi connectivity index (χ4n) is 2.04. The molecule has 0 aromatic rings. The van der Waals surface area contributed by atoms with Crippen molar-refractivity contribution in [3.05, 3.63) is 0 Å². The largest absolute Gasteiger partial charge is 0.298 e. The van der Waals surface area contributed by atoms with Crippen molar-refractivity contribution in [3.8, 4) is 0 Å². The first-order valence-electron chi connectivity index (χ1n) is 4.93. The summed E-state index contributed by atoms with van der Waals surface area (Å²) < 4.78 is 0. The van der Waals surface area contributed by atoms with Gasteiger partial charge < -0.3 is 0 Å². The van der Waals surface area contributed by atoms with Crippen LogP contribution in [-0.2, 0) is 0 Å². The van der Waals surface area contributed by atoms with Gasteiger partial charge >= 0.3 is 0 Å². The molecular weight excluding hydrogens is 134 g/mol. The summed E-state index contributed by atoms with van der Waals surface area (Å²) in [6, 6.07) is 0. The molecule has 2 rings (SSSR count). The molecule has 0 aromatic heterocycles. The summed E-state index contributed by atoms with van der Waals surface area (Å²) >= 11 is 0. The molecule has 0 radical (unpaired) electrons. The van der Waals surface area contributed by atoms with Gasteiger partial charge in [0.15, 0.2) is 0 Å². The van der Waals surface area contributed by atoms with Crippen LogP contribution in [0.15, 0.2) is 0 Å². The molecular formula is C10H19N. The molecule has 1 aliphatic carbocycles. The van der Waals surface area contributed by atoms with Gasteiger partial charge in [0.05, 0.1) is 0 Å². The van der Waals surface area contributed by atoms with Gasteiger partial charge in [-0.1, -0.05) is 6.42 Å². The van der Waals surface area contributed by atoms with E-state index in [-0.39, 0.29) is 0 Å². The molecule has 64 valence electrons. The topological polar surface area (TPSA) is 3.24 Å². The monoisotopic (exact) mass is 153 g/mol. The van der Waals surface area contributed by atoms with Crippen molar-refractivity contribution in [3.63, 3.8) is 0 Å². The van der Waals surface area contributed by atoms with Gasteiger partial charge in [0.1, 0.15) is 0 Å². The SMILES string of the molecule is CC1(C)CCN1CC1CCC1. The Morgan fingerprint density at radius 2 is 2.09 bits per heavy atom. The Kier molecular flexibility index (Phi) is 1.71. The molecule has 1 heteroatoms. The fourth-order valence-corrected chi connectivity index (χ4v) is 2.04. The highest BCUT2D eigenvalue weighted by molar-refractivity contribution is 4.93. The summed E-state index contributed by atoms with van der Waals surface area (Å²) in [4.78, 5) is 2.65. The van der Waals surface area contributed by atoms with Crippen molar-refractivity contribution in [2.45, 2.75) is 45.1 Å². The first-order valence-corrected chi connectivity index (χ1v) is 4.93. The molecule has 0 N–H and O–H groups in total. The number of hydrogen-bond acceptors (Lipinski definition) is 1. The van der Waals surface area contributed by atoms with E-state index in [0.717, 1.165) is 5.92 Å². The van der Waals surface area contributed by atoms with Crippen LogP contribution in [0.3, 0.4) is 0 Å². The Labute approximate surface area is 69.8 Å². The zero-order valence-electron chi connectivity index (χ0n) is 7.77. The average Bonchev–Trinajstić information content (AvgIpc) is 1.83. The van der Waals surface area contributed by atoms with Crippen molar-refractivity contribution >= 4 is 0 Å². The highest BCUT2D eigenvalue weighted by Gasteiger charge is 2.37. The standard InChI is InChI=1S/C10H19N/c1-10(2)6-7-11(10)8-9-4-3-5-9/h9H,3-8H2,1-2H3. The van der Waals surface area contributed by atoms with Crippen LogP contribution in [0, 0.1) is 5.92 Å². The van der Waals surface area contributed by atoms with Crippen LogP contribution in [-0.4, -0.2) is 23.5 Å². The minimum absolute atomic E-state index is 0.537. The van der Waals surface area contributed by atoms with Gasteiger partial charge in [0, 0.05) is 18.6 Å². The van der Waals surface area contributed by atoms with Crippen LogP contribution in [0.4, 0.5) is 0 Å². The molecule has 0 amide bonds. The Bertz CT molecular complexity index is 147. The van der Waals surface area contributed by atoms with Gasteiger partial charge in [-0.15, -0.1) is 0 Å². The van der Waals surface area contributed by atoms with Crippen molar-refractivity contribution in [2.24, 2.45) is 5.92 Å². The lowest BCUT2D eigenvalue weighted by molar-refractivity contribution is -0.00880. The second-order valence-corrected chi connectivity index (χ2v) is 4.81. The number of likely N-dealkylation sites (tertiary alicyclic amines) is 1. The quantitative estimate of drug-likeness (QED) is 0.588. The van der Waals surface area contributed by atoms with E-state index in [0.29, 0.717) is 5.54 Å². The third-order valence-corrected chi connectivity index (χ3v) is 3.55. The molecule has 2 aliphatic rings. The van der Waals surface area contributed by atoms with Crippen molar-refractivity contribution in [1.82, 2.24) is 4.90 Å². The second kappa shape index (κ2) is 2.48. The van der Waals surface area contributed by atoms with E-state index in [1.54, 1.807) is 0 Å². The predicted octanol–water partition coefficient (Wildman–Crippen LogP) is 2.27. The summed E-state index contributed by atoms with van der Waals surface area (Å²) in [6.07, 6.45) is 5.87. The molecule has 0 bridgehead atoms. The lowest BCUT2D eigenvalue weighted by Gasteiger charge is -2.51. The van der Waals surface area contributed by atoms with E-state index in [2.05, 4.69) is 18.7 Å². The molecule has 2 fully saturated rings. The average molecular weight is 153 g/mol. The van der Waals surface area contributed by atoms with E-state index in [1.165, 1.54) is 38.8 Å². The van der Waals surface area contributed by atoms with Crippen molar-refractivity contribution in [2.75, 3.05) is 13.1 Å². The highest BCUT2D eigenvalue weighted by Crippen LogP contribution is 2.34. The molecule has 1 saturated heterocycles. The van der Waals surface area contributed by atoms with E-state index in [1.807, 2.05) is 0 Å². The van der Waals surface area contributed by atoms with Crippen molar-refractivity contribution < 1.29 is 0 Å². The molecule has 1 heterocycles. The van der Waals surface area contributed by atoms with Crippen LogP contribution in [0.5, 0.6) is 0 Å².